The minimum atomic E-state index is -2.12. The first-order valence-electron chi connectivity index (χ1n) is 7.31. The van der Waals surface area contributed by atoms with Gasteiger partial charge in [-0.25, -0.2) is 0 Å². The van der Waals surface area contributed by atoms with Gasteiger partial charge in [0.05, 0.1) is 5.69 Å². The molecule has 1 N–H and O–H groups in total. The van der Waals surface area contributed by atoms with Gasteiger partial charge in [-0.2, -0.15) is 0 Å². The summed E-state index contributed by atoms with van der Waals surface area (Å²) in [4.78, 5) is 23.6. The third-order valence-electron chi connectivity index (χ3n) is 4.30. The van der Waals surface area contributed by atoms with Crippen LogP contribution in [0.2, 0.25) is 18.1 Å². The number of carbonyl (C=O) groups is 2. The van der Waals surface area contributed by atoms with E-state index in [1.165, 1.54) is 6.92 Å². The van der Waals surface area contributed by atoms with Gasteiger partial charge in [-0.15, -0.1) is 0 Å². The van der Waals surface area contributed by atoms with E-state index < -0.39 is 14.6 Å². The minimum Gasteiger partial charge on any atom is -0.454 e. The van der Waals surface area contributed by atoms with E-state index in [0.717, 1.165) is 0 Å². The van der Waals surface area contributed by atoms with Crippen molar-refractivity contribution in [3.8, 4) is 5.75 Å². The number of hydrogen-bond donors (Lipinski definition) is 1. The molecule has 1 aliphatic rings. The molecule has 5 nitrogen and oxygen atoms in total. The average molecular weight is 321 g/mol. The number of Topliss-reactive ketones (excluding diaryl/α,β-unsaturated/α-hetero) is 1. The molecule has 0 radical (unpaired) electrons. The third-order valence-corrected chi connectivity index (χ3v) is 8.72. The fourth-order valence-electron chi connectivity index (χ4n) is 1.83. The van der Waals surface area contributed by atoms with E-state index in [9.17, 15) is 9.59 Å². The second-order valence-electron chi connectivity index (χ2n) is 7.08. The van der Waals surface area contributed by atoms with Crippen molar-refractivity contribution in [3.05, 3.63) is 23.8 Å². The first-order valence-corrected chi connectivity index (χ1v) is 10.2. The number of carbonyl (C=O) groups excluding carboxylic acids is 2. The molecule has 1 aromatic carbocycles. The van der Waals surface area contributed by atoms with Crippen LogP contribution in [0.1, 0.15) is 38.1 Å². The van der Waals surface area contributed by atoms with Gasteiger partial charge in [0.1, 0.15) is 5.75 Å². The van der Waals surface area contributed by atoms with Crippen LogP contribution in [0.5, 0.6) is 5.75 Å². The maximum atomic E-state index is 12.2. The van der Waals surface area contributed by atoms with Gasteiger partial charge in [0.25, 0.3) is 12.2 Å². The quantitative estimate of drug-likeness (QED) is 0.683. The highest BCUT2D eigenvalue weighted by atomic mass is 28.4. The van der Waals surface area contributed by atoms with Crippen LogP contribution in [0.15, 0.2) is 18.2 Å². The van der Waals surface area contributed by atoms with Gasteiger partial charge in [0.2, 0.25) is 0 Å². The Morgan fingerprint density at radius 3 is 2.50 bits per heavy atom. The van der Waals surface area contributed by atoms with Crippen LogP contribution in [0.25, 0.3) is 0 Å². The normalized spacial score (nSPS) is 18.3. The highest BCUT2D eigenvalue weighted by Crippen LogP contribution is 2.39. The van der Waals surface area contributed by atoms with Crippen LogP contribution in [0, 0.1) is 0 Å². The largest absolute Gasteiger partial charge is 0.454 e. The van der Waals surface area contributed by atoms with Crippen LogP contribution in [-0.4, -0.2) is 26.3 Å². The zero-order valence-corrected chi connectivity index (χ0v) is 14.9. The van der Waals surface area contributed by atoms with Gasteiger partial charge in [0.15, 0.2) is 14.1 Å². The van der Waals surface area contributed by atoms with E-state index in [1.54, 1.807) is 18.2 Å². The topological polar surface area (TPSA) is 64.6 Å². The first-order chi connectivity index (χ1) is 10.0. The third kappa shape index (κ3) is 3.23. The van der Waals surface area contributed by atoms with Crippen LogP contribution in [0.3, 0.4) is 0 Å². The summed E-state index contributed by atoms with van der Waals surface area (Å²) in [5, 5.41) is 2.74. The van der Waals surface area contributed by atoms with Gasteiger partial charge in [-0.3, -0.25) is 9.59 Å². The van der Waals surface area contributed by atoms with Crippen molar-refractivity contribution in [3.63, 3.8) is 0 Å². The van der Waals surface area contributed by atoms with Crippen molar-refractivity contribution >= 4 is 25.7 Å². The molecule has 1 aromatic rings. The SMILES string of the molecule is CC(=O)c1ccc2c(c1)NC(=O)C(O[Si](C)(C)C(C)(C)C)O2. The number of anilines is 1. The van der Waals surface area contributed by atoms with Crippen LogP contribution in [-0.2, 0) is 9.22 Å². The highest BCUT2D eigenvalue weighted by Gasteiger charge is 2.42. The fraction of sp³-hybridized carbons (Fsp3) is 0.500. The first kappa shape index (κ1) is 16.7. The smallest absolute Gasteiger partial charge is 0.293 e. The summed E-state index contributed by atoms with van der Waals surface area (Å²) in [5.74, 6) is 0.128. The fourth-order valence-corrected chi connectivity index (χ4v) is 2.88. The maximum Gasteiger partial charge on any atom is 0.293 e. The van der Waals surface area contributed by atoms with Gasteiger partial charge in [0, 0.05) is 5.56 Å². The summed E-state index contributed by atoms with van der Waals surface area (Å²) < 4.78 is 11.7. The van der Waals surface area contributed by atoms with Crippen LogP contribution < -0.4 is 10.1 Å². The summed E-state index contributed by atoms with van der Waals surface area (Å²) in [6.45, 7) is 11.9. The highest BCUT2D eigenvalue weighted by molar-refractivity contribution is 6.74. The van der Waals surface area contributed by atoms with Crippen molar-refractivity contribution in [2.24, 2.45) is 0 Å². The number of ether oxygens (including phenoxy) is 1. The number of hydrogen-bond acceptors (Lipinski definition) is 4. The van der Waals surface area contributed by atoms with Crippen LogP contribution >= 0.6 is 0 Å². The molecule has 22 heavy (non-hydrogen) atoms. The molecule has 0 aromatic heterocycles. The molecule has 0 aliphatic carbocycles. The lowest BCUT2D eigenvalue weighted by atomic mass is 10.1. The molecule has 0 bridgehead atoms. The molecule has 0 spiro atoms. The Morgan fingerprint density at radius 2 is 1.95 bits per heavy atom. The minimum absolute atomic E-state index is 0.0184. The molecule has 1 heterocycles. The second-order valence-corrected chi connectivity index (χ2v) is 11.8. The monoisotopic (exact) mass is 321 g/mol. The van der Waals surface area contributed by atoms with Crippen molar-refractivity contribution in [1.82, 2.24) is 0 Å². The zero-order valence-electron chi connectivity index (χ0n) is 13.9. The van der Waals surface area contributed by atoms with E-state index in [0.29, 0.717) is 17.0 Å². The van der Waals surface area contributed by atoms with E-state index in [4.69, 9.17) is 9.16 Å². The summed E-state index contributed by atoms with van der Waals surface area (Å²) in [7, 11) is -2.12. The summed E-state index contributed by atoms with van der Waals surface area (Å²) in [6.07, 6.45) is -0.948. The van der Waals surface area contributed by atoms with Crippen molar-refractivity contribution in [2.75, 3.05) is 5.32 Å². The lowest BCUT2D eigenvalue weighted by Gasteiger charge is -2.39. The molecule has 1 aliphatic heterocycles. The zero-order chi connectivity index (χ0) is 16.7. The number of fused-ring (bicyclic) bond motifs is 1. The second kappa shape index (κ2) is 5.51. The molecule has 0 fully saturated rings. The Balaban J connectivity index is 2.23. The summed E-state index contributed by atoms with van der Waals surface area (Å²) >= 11 is 0. The molecule has 1 atom stereocenters. The molecular weight excluding hydrogens is 298 g/mol. The number of ketones is 1. The summed E-state index contributed by atoms with van der Waals surface area (Å²) in [5.41, 5.74) is 1.04. The Morgan fingerprint density at radius 1 is 1.32 bits per heavy atom. The molecule has 6 heteroatoms. The molecule has 0 saturated heterocycles. The molecule has 1 unspecified atom stereocenters. The number of benzene rings is 1. The number of nitrogens with one attached hydrogen (secondary N) is 1. The van der Waals surface area contributed by atoms with E-state index in [-0.39, 0.29) is 16.7 Å². The van der Waals surface area contributed by atoms with Crippen LogP contribution in [0.4, 0.5) is 5.69 Å². The Bertz CT molecular complexity index is 619. The molecular formula is C16H23NO4Si. The van der Waals surface area contributed by atoms with Gasteiger partial charge < -0.3 is 14.5 Å². The predicted octanol–water partition coefficient (Wildman–Crippen LogP) is 3.57. The average Bonchev–Trinajstić information content (AvgIpc) is 2.37. The van der Waals surface area contributed by atoms with Crippen molar-refractivity contribution in [1.29, 1.82) is 0 Å². The predicted molar refractivity (Wildman–Crippen MR) is 87.8 cm³/mol. The van der Waals surface area contributed by atoms with E-state index in [2.05, 4.69) is 39.2 Å². The number of rotatable bonds is 3. The standard InChI is InChI=1S/C16H23NO4Si/c1-10(18)11-7-8-13-12(9-11)17-14(19)15(20-13)21-22(5,6)16(2,3)4/h7-9,15H,1-6H3,(H,17,19). The lowest BCUT2D eigenvalue weighted by molar-refractivity contribution is -0.137. The lowest BCUT2D eigenvalue weighted by Crippen LogP contribution is -2.50. The molecule has 2 rings (SSSR count). The van der Waals surface area contributed by atoms with Gasteiger partial charge >= 0.3 is 0 Å². The van der Waals surface area contributed by atoms with E-state index >= 15 is 0 Å². The maximum absolute atomic E-state index is 12.2. The van der Waals surface area contributed by atoms with Crippen molar-refractivity contribution in [2.45, 2.75) is 52.1 Å². The molecule has 0 saturated carbocycles. The molecule has 120 valence electrons. The van der Waals surface area contributed by atoms with Gasteiger partial charge in [-0.1, -0.05) is 20.8 Å². The van der Waals surface area contributed by atoms with Crippen molar-refractivity contribution < 1.29 is 18.8 Å². The van der Waals surface area contributed by atoms with E-state index in [1.807, 2.05) is 0 Å². The summed E-state index contributed by atoms with van der Waals surface area (Å²) in [6, 6.07) is 4.99. The number of amides is 1. The Kier molecular flexibility index (Phi) is 4.19. The molecule has 1 amide bonds. The van der Waals surface area contributed by atoms with Gasteiger partial charge in [-0.05, 0) is 43.3 Å². The Labute approximate surface area is 132 Å². The Hall–Kier alpha value is -1.66.